The Morgan fingerprint density at radius 2 is 2.43 bits per heavy atom. The van der Waals surface area contributed by atoms with E-state index in [0.717, 1.165) is 8.37 Å². The van der Waals surface area contributed by atoms with Crippen molar-refractivity contribution in [2.45, 2.75) is 0 Å². The van der Waals surface area contributed by atoms with Crippen LogP contribution in [0.25, 0.3) is 0 Å². The molecule has 0 unspecified atom stereocenters. The van der Waals surface area contributed by atoms with Crippen LogP contribution in [0.2, 0.25) is 0 Å². The van der Waals surface area contributed by atoms with Crippen LogP contribution in [0, 0.1) is 0 Å². The van der Waals surface area contributed by atoms with E-state index in [1.165, 1.54) is 6.26 Å². The van der Waals surface area contributed by atoms with Crippen LogP contribution in [0.4, 0.5) is 0 Å². The molecule has 3 heteroatoms. The van der Waals surface area contributed by atoms with Crippen molar-refractivity contribution in [2.24, 2.45) is 4.91 Å². The molecule has 0 bridgehead atoms. The molecule has 36 valence electrons. The van der Waals surface area contributed by atoms with Gasteiger partial charge < -0.3 is 4.84 Å². The molecular formula is C4H4NOP. The van der Waals surface area contributed by atoms with Crippen molar-refractivity contribution in [3.8, 4) is 0 Å². The van der Waals surface area contributed by atoms with Gasteiger partial charge >= 0.3 is 0 Å². The Morgan fingerprint density at radius 1 is 1.43 bits per heavy atom. The molecule has 1 aliphatic heterocycles. The lowest BCUT2D eigenvalue weighted by Gasteiger charge is -1.76. The second-order valence-electron chi connectivity index (χ2n) is 0.973. The Bertz CT molecular complexity index is 114. The van der Waals surface area contributed by atoms with Crippen LogP contribution >= 0.6 is 8.37 Å². The van der Waals surface area contributed by atoms with Gasteiger partial charge in [-0.3, -0.25) is 0 Å². The smallest absolute Gasteiger partial charge is 0.122 e. The molecule has 2 nitrogen and oxygen atoms in total. The highest BCUT2D eigenvalue weighted by molar-refractivity contribution is 7.30. The van der Waals surface area contributed by atoms with Crippen molar-refractivity contribution < 1.29 is 4.84 Å². The van der Waals surface area contributed by atoms with Crippen LogP contribution in [0.15, 0.2) is 29.1 Å². The van der Waals surface area contributed by atoms with Gasteiger partial charge in [0.1, 0.15) is 6.26 Å². The predicted molar refractivity (Wildman–Crippen MR) is 28.7 cm³/mol. The Hall–Kier alpha value is -0.620. The highest BCUT2D eigenvalue weighted by Crippen LogP contribution is 2.05. The van der Waals surface area contributed by atoms with E-state index < -0.39 is 0 Å². The Morgan fingerprint density at radius 3 is 3.43 bits per heavy atom. The number of nitrogens with zero attached hydrogens (tertiary/aromatic N) is 1. The third-order valence-electron chi connectivity index (χ3n) is 0.498. The van der Waals surface area contributed by atoms with Crippen LogP contribution in [-0.4, -0.2) is 0 Å². The molecule has 0 radical (unpaired) electrons. The molecule has 7 heavy (non-hydrogen) atoms. The van der Waals surface area contributed by atoms with E-state index in [0.29, 0.717) is 0 Å². The summed E-state index contributed by atoms with van der Waals surface area (Å²) in [7, 11) is 0.865. The molecule has 0 N–H and O–H groups in total. The zero-order chi connectivity index (χ0) is 4.95. The largest absolute Gasteiger partial charge is 0.361 e. The highest BCUT2D eigenvalue weighted by Gasteiger charge is 1.71. The third-order valence-corrected chi connectivity index (χ3v) is 0.992. The minimum atomic E-state index is 0.865. The van der Waals surface area contributed by atoms with Crippen LogP contribution in [-0.2, 0) is 4.84 Å². The maximum Gasteiger partial charge on any atom is 0.122 e. The summed E-state index contributed by atoms with van der Waals surface area (Å²) >= 11 is 0. The van der Waals surface area contributed by atoms with Crippen LogP contribution in [0.1, 0.15) is 0 Å². The van der Waals surface area contributed by atoms with Gasteiger partial charge in [-0.25, -0.2) is 0 Å². The summed E-state index contributed by atoms with van der Waals surface area (Å²) in [5, 5.41) is 0. The van der Waals surface area contributed by atoms with Crippen molar-refractivity contribution in [3.05, 3.63) is 24.2 Å². The van der Waals surface area contributed by atoms with E-state index in [-0.39, 0.29) is 0 Å². The normalized spacial score (nSPS) is 18.3. The average molecular weight is 113 g/mol. The van der Waals surface area contributed by atoms with Gasteiger partial charge in [-0.1, -0.05) is 11.0 Å². The van der Waals surface area contributed by atoms with Crippen molar-refractivity contribution >= 4 is 8.37 Å². The van der Waals surface area contributed by atoms with Gasteiger partial charge in [0.25, 0.3) is 0 Å². The summed E-state index contributed by atoms with van der Waals surface area (Å²) in [6.45, 7) is 0. The second-order valence-corrected chi connectivity index (χ2v) is 1.66. The predicted octanol–water partition coefficient (Wildman–Crippen LogP) is 2.09. The third kappa shape index (κ3) is 1.51. The molecular weight excluding hydrogens is 109 g/mol. The van der Waals surface area contributed by atoms with Gasteiger partial charge in [-0.2, -0.15) is 0 Å². The molecule has 1 aliphatic rings. The van der Waals surface area contributed by atoms with Gasteiger partial charge in [0.05, 0.1) is 8.37 Å². The van der Waals surface area contributed by atoms with Gasteiger partial charge in [-0.15, -0.1) is 0 Å². The summed E-state index contributed by atoms with van der Waals surface area (Å²) in [4.78, 5) is 8.13. The molecule has 0 amide bonds. The Balaban J connectivity index is 2.60. The summed E-state index contributed by atoms with van der Waals surface area (Å²) in [6, 6.07) is 0. The molecule has 0 spiro atoms. The zero-order valence-corrected chi connectivity index (χ0v) is 4.51. The first-order chi connectivity index (χ1) is 3.50. The standard InChI is InChI=1S/C4H4NOP/c1-2-4-7-5-6-3-1/h1-4H. The van der Waals surface area contributed by atoms with E-state index >= 15 is 0 Å². The van der Waals surface area contributed by atoms with Crippen LogP contribution in [0.3, 0.4) is 0 Å². The lowest BCUT2D eigenvalue weighted by molar-refractivity contribution is 0.277. The fourth-order valence-corrected chi connectivity index (χ4v) is 0.590. The lowest BCUT2D eigenvalue weighted by Crippen LogP contribution is -1.54. The maximum atomic E-state index is 4.56. The highest BCUT2D eigenvalue weighted by atomic mass is 31.1. The van der Waals surface area contributed by atoms with Crippen molar-refractivity contribution in [1.82, 2.24) is 0 Å². The van der Waals surface area contributed by atoms with Crippen LogP contribution < -0.4 is 0 Å². The van der Waals surface area contributed by atoms with Crippen molar-refractivity contribution in [2.75, 3.05) is 0 Å². The van der Waals surface area contributed by atoms with E-state index in [4.69, 9.17) is 0 Å². The SMILES string of the molecule is C1=CON=PC=C1. The van der Waals surface area contributed by atoms with Gasteiger partial charge in [0.2, 0.25) is 0 Å². The summed E-state index contributed by atoms with van der Waals surface area (Å²) in [6.07, 6.45) is 5.22. The molecule has 1 heterocycles. The maximum absolute atomic E-state index is 4.56. The number of rotatable bonds is 0. The van der Waals surface area contributed by atoms with Crippen LogP contribution in [0.5, 0.6) is 0 Å². The quantitative estimate of drug-likeness (QED) is 0.441. The van der Waals surface area contributed by atoms with Gasteiger partial charge in [0, 0.05) is 0 Å². The fourth-order valence-electron chi connectivity index (χ4n) is 0.250. The first-order valence-corrected chi connectivity index (χ1v) is 2.79. The van der Waals surface area contributed by atoms with Crippen molar-refractivity contribution in [1.29, 1.82) is 0 Å². The molecule has 0 saturated carbocycles. The monoisotopic (exact) mass is 113 g/mol. The Labute approximate surface area is 43.3 Å². The van der Waals surface area contributed by atoms with Gasteiger partial charge in [0.15, 0.2) is 0 Å². The first-order valence-electron chi connectivity index (χ1n) is 1.88. The fraction of sp³-hybridized carbons (Fsp3) is 0. The second kappa shape index (κ2) is 2.54. The number of hydrogen-bond donors (Lipinski definition) is 0. The molecule has 0 saturated heterocycles. The minimum absolute atomic E-state index is 0.865. The molecule has 0 aromatic carbocycles. The molecule has 0 fully saturated rings. The zero-order valence-electron chi connectivity index (χ0n) is 3.61. The minimum Gasteiger partial charge on any atom is -0.361 e. The molecule has 0 aromatic heterocycles. The number of hydrogen-bond acceptors (Lipinski definition) is 2. The summed E-state index contributed by atoms with van der Waals surface area (Å²) in [5.74, 6) is 1.89. The van der Waals surface area contributed by atoms with E-state index in [2.05, 4.69) is 9.75 Å². The molecule has 0 aromatic rings. The summed E-state index contributed by atoms with van der Waals surface area (Å²) in [5.41, 5.74) is 0. The topological polar surface area (TPSA) is 21.6 Å². The average Bonchev–Trinajstić information content (AvgIpc) is 1.90. The van der Waals surface area contributed by atoms with Crippen molar-refractivity contribution in [3.63, 3.8) is 0 Å². The first kappa shape index (κ1) is 4.54. The lowest BCUT2D eigenvalue weighted by atomic mass is 10.6. The van der Waals surface area contributed by atoms with E-state index in [9.17, 15) is 0 Å². The molecule has 1 rings (SSSR count). The van der Waals surface area contributed by atoms with Gasteiger partial charge in [-0.05, 0) is 11.9 Å². The van der Waals surface area contributed by atoms with E-state index in [1.807, 2.05) is 11.9 Å². The van der Waals surface area contributed by atoms with E-state index in [1.54, 1.807) is 6.08 Å². The summed E-state index contributed by atoms with van der Waals surface area (Å²) < 4.78 is 0. The molecule has 0 aliphatic carbocycles. The number of allylic oxidation sites excluding steroid dienone is 2. The molecule has 0 atom stereocenters. The Kier molecular flexibility index (Phi) is 1.64.